The third-order valence-corrected chi connectivity index (χ3v) is 3.50. The standard InChI is InChI=1S/C15H14Cl2N2O2/c1-2-21-11-5-3-4-10(8-11)19-15(20)12-6-9(18)7-13(16)14(12)17/h3-8H,2,18H2,1H3,(H,19,20). The van der Waals surface area contributed by atoms with Gasteiger partial charge in [-0.3, -0.25) is 4.79 Å². The molecule has 0 saturated carbocycles. The summed E-state index contributed by atoms with van der Waals surface area (Å²) in [7, 11) is 0. The highest BCUT2D eigenvalue weighted by Gasteiger charge is 2.14. The Morgan fingerprint density at radius 3 is 2.76 bits per heavy atom. The van der Waals surface area contributed by atoms with Crippen LogP contribution in [0.3, 0.4) is 0 Å². The van der Waals surface area contributed by atoms with E-state index in [1.807, 2.05) is 13.0 Å². The topological polar surface area (TPSA) is 64.3 Å². The molecule has 0 aliphatic heterocycles. The summed E-state index contributed by atoms with van der Waals surface area (Å²) in [4.78, 5) is 12.3. The number of hydrogen-bond donors (Lipinski definition) is 2. The summed E-state index contributed by atoms with van der Waals surface area (Å²) < 4.78 is 5.38. The molecule has 0 saturated heterocycles. The van der Waals surface area contributed by atoms with Crippen molar-refractivity contribution in [2.45, 2.75) is 6.92 Å². The molecule has 3 N–H and O–H groups in total. The Morgan fingerprint density at radius 2 is 2.05 bits per heavy atom. The second kappa shape index (κ2) is 6.70. The van der Waals surface area contributed by atoms with Crippen LogP contribution < -0.4 is 15.8 Å². The van der Waals surface area contributed by atoms with Gasteiger partial charge in [-0.05, 0) is 31.2 Å². The summed E-state index contributed by atoms with van der Waals surface area (Å²) in [6, 6.07) is 10.1. The molecular formula is C15H14Cl2N2O2. The number of ether oxygens (including phenoxy) is 1. The normalized spacial score (nSPS) is 10.2. The molecular weight excluding hydrogens is 311 g/mol. The van der Waals surface area contributed by atoms with Crippen LogP contribution in [-0.2, 0) is 0 Å². The zero-order valence-electron chi connectivity index (χ0n) is 11.3. The fourth-order valence-corrected chi connectivity index (χ4v) is 2.23. The van der Waals surface area contributed by atoms with Crippen molar-refractivity contribution >= 4 is 40.5 Å². The number of nitrogens with two attached hydrogens (primary N) is 1. The van der Waals surface area contributed by atoms with Crippen LogP contribution in [0, 0.1) is 0 Å². The van der Waals surface area contributed by atoms with Crippen molar-refractivity contribution in [3.63, 3.8) is 0 Å². The Bertz CT molecular complexity index is 675. The van der Waals surface area contributed by atoms with Gasteiger partial charge in [-0.15, -0.1) is 0 Å². The predicted octanol–water partition coefficient (Wildman–Crippen LogP) is 4.23. The summed E-state index contributed by atoms with van der Waals surface area (Å²) in [6.07, 6.45) is 0. The van der Waals surface area contributed by atoms with Gasteiger partial charge in [0.05, 0.1) is 22.2 Å². The minimum Gasteiger partial charge on any atom is -0.494 e. The van der Waals surface area contributed by atoms with E-state index in [1.165, 1.54) is 12.1 Å². The molecule has 0 heterocycles. The van der Waals surface area contributed by atoms with Crippen LogP contribution >= 0.6 is 23.2 Å². The number of amides is 1. The first-order valence-electron chi connectivity index (χ1n) is 6.30. The van der Waals surface area contributed by atoms with Crippen LogP contribution in [0.25, 0.3) is 0 Å². The maximum atomic E-state index is 12.3. The lowest BCUT2D eigenvalue weighted by atomic mass is 10.2. The van der Waals surface area contributed by atoms with E-state index in [9.17, 15) is 4.79 Å². The quantitative estimate of drug-likeness (QED) is 0.827. The lowest BCUT2D eigenvalue weighted by molar-refractivity contribution is 0.102. The molecule has 0 aliphatic carbocycles. The molecule has 6 heteroatoms. The lowest BCUT2D eigenvalue weighted by Gasteiger charge is -2.10. The molecule has 0 atom stereocenters. The van der Waals surface area contributed by atoms with Gasteiger partial charge in [0.15, 0.2) is 0 Å². The molecule has 2 aromatic carbocycles. The van der Waals surface area contributed by atoms with Gasteiger partial charge in [-0.2, -0.15) is 0 Å². The Hall–Kier alpha value is -1.91. The minimum absolute atomic E-state index is 0.171. The van der Waals surface area contributed by atoms with E-state index in [2.05, 4.69) is 5.32 Å². The molecule has 0 aromatic heterocycles. The largest absolute Gasteiger partial charge is 0.494 e. The number of halogens is 2. The number of hydrogen-bond acceptors (Lipinski definition) is 3. The molecule has 1 amide bonds. The van der Waals surface area contributed by atoms with Crippen LogP contribution in [0.1, 0.15) is 17.3 Å². The molecule has 0 aliphatic rings. The van der Waals surface area contributed by atoms with Crippen molar-refractivity contribution in [1.29, 1.82) is 0 Å². The van der Waals surface area contributed by atoms with Gasteiger partial charge in [0.2, 0.25) is 0 Å². The predicted molar refractivity (Wildman–Crippen MR) is 86.4 cm³/mol. The molecule has 4 nitrogen and oxygen atoms in total. The van der Waals surface area contributed by atoms with Gasteiger partial charge in [0.1, 0.15) is 5.75 Å². The summed E-state index contributed by atoms with van der Waals surface area (Å²) in [5.41, 5.74) is 6.88. The number of nitrogens with one attached hydrogen (secondary N) is 1. The molecule has 0 fully saturated rings. The highest BCUT2D eigenvalue weighted by Crippen LogP contribution is 2.29. The summed E-state index contributed by atoms with van der Waals surface area (Å²) in [5.74, 6) is 0.287. The number of carbonyl (C=O) groups is 1. The Morgan fingerprint density at radius 1 is 1.29 bits per heavy atom. The number of carbonyl (C=O) groups excluding carboxylic acids is 1. The van der Waals surface area contributed by atoms with Crippen LogP contribution in [0.5, 0.6) is 5.75 Å². The second-order valence-electron chi connectivity index (χ2n) is 4.28. The van der Waals surface area contributed by atoms with Gasteiger partial charge in [0.25, 0.3) is 5.91 Å². The number of rotatable bonds is 4. The average Bonchev–Trinajstić information content (AvgIpc) is 2.43. The molecule has 21 heavy (non-hydrogen) atoms. The molecule has 0 bridgehead atoms. The highest BCUT2D eigenvalue weighted by molar-refractivity contribution is 6.44. The van der Waals surface area contributed by atoms with Crippen molar-refractivity contribution in [3.05, 3.63) is 52.0 Å². The lowest BCUT2D eigenvalue weighted by Crippen LogP contribution is -2.13. The van der Waals surface area contributed by atoms with Gasteiger partial charge >= 0.3 is 0 Å². The monoisotopic (exact) mass is 324 g/mol. The SMILES string of the molecule is CCOc1cccc(NC(=O)c2cc(N)cc(Cl)c2Cl)c1. The average molecular weight is 325 g/mol. The maximum Gasteiger partial charge on any atom is 0.257 e. The van der Waals surface area contributed by atoms with E-state index >= 15 is 0 Å². The van der Waals surface area contributed by atoms with E-state index in [0.29, 0.717) is 23.7 Å². The molecule has 110 valence electrons. The smallest absolute Gasteiger partial charge is 0.257 e. The number of nitrogen functional groups attached to an aromatic ring is 1. The maximum absolute atomic E-state index is 12.3. The summed E-state index contributed by atoms with van der Waals surface area (Å²) in [5, 5.41) is 3.15. The van der Waals surface area contributed by atoms with Crippen molar-refractivity contribution in [1.82, 2.24) is 0 Å². The highest BCUT2D eigenvalue weighted by atomic mass is 35.5. The third kappa shape index (κ3) is 3.80. The zero-order valence-corrected chi connectivity index (χ0v) is 12.8. The van der Waals surface area contributed by atoms with Gasteiger partial charge < -0.3 is 15.8 Å². The summed E-state index contributed by atoms with van der Waals surface area (Å²) >= 11 is 12.0. The molecule has 0 unspecified atom stereocenters. The third-order valence-electron chi connectivity index (χ3n) is 2.70. The molecule has 0 spiro atoms. The first kappa shape index (κ1) is 15.5. The van der Waals surface area contributed by atoms with Crippen LogP contribution in [-0.4, -0.2) is 12.5 Å². The van der Waals surface area contributed by atoms with E-state index in [4.69, 9.17) is 33.7 Å². The van der Waals surface area contributed by atoms with Crippen molar-refractivity contribution in [3.8, 4) is 5.75 Å². The fourth-order valence-electron chi connectivity index (χ4n) is 1.80. The van der Waals surface area contributed by atoms with Crippen molar-refractivity contribution in [2.24, 2.45) is 0 Å². The van der Waals surface area contributed by atoms with E-state index in [1.54, 1.807) is 18.2 Å². The Balaban J connectivity index is 2.24. The molecule has 2 rings (SSSR count). The number of anilines is 2. The minimum atomic E-state index is -0.386. The van der Waals surface area contributed by atoms with Gasteiger partial charge in [-0.25, -0.2) is 0 Å². The van der Waals surface area contributed by atoms with Crippen LogP contribution in [0.2, 0.25) is 10.0 Å². The van der Waals surface area contributed by atoms with E-state index in [-0.39, 0.29) is 21.5 Å². The zero-order chi connectivity index (χ0) is 15.4. The van der Waals surface area contributed by atoms with Gasteiger partial charge in [-0.1, -0.05) is 29.3 Å². The van der Waals surface area contributed by atoms with Crippen molar-refractivity contribution < 1.29 is 9.53 Å². The van der Waals surface area contributed by atoms with Crippen LogP contribution in [0.4, 0.5) is 11.4 Å². The number of benzene rings is 2. The van der Waals surface area contributed by atoms with Gasteiger partial charge in [0, 0.05) is 17.4 Å². The molecule has 2 aromatic rings. The van der Waals surface area contributed by atoms with Crippen molar-refractivity contribution in [2.75, 3.05) is 17.7 Å². The van der Waals surface area contributed by atoms with E-state index in [0.717, 1.165) is 0 Å². The first-order chi connectivity index (χ1) is 10.0. The fraction of sp³-hybridized carbons (Fsp3) is 0.133. The Labute approximate surface area is 132 Å². The second-order valence-corrected chi connectivity index (χ2v) is 5.06. The summed E-state index contributed by atoms with van der Waals surface area (Å²) in [6.45, 7) is 2.44. The van der Waals surface area contributed by atoms with E-state index < -0.39 is 0 Å². The molecule has 0 radical (unpaired) electrons. The van der Waals surface area contributed by atoms with Crippen LogP contribution in [0.15, 0.2) is 36.4 Å². The Kier molecular flexibility index (Phi) is 4.94. The first-order valence-corrected chi connectivity index (χ1v) is 7.05.